The van der Waals surface area contributed by atoms with Crippen molar-refractivity contribution in [3.8, 4) is 0 Å². The molecule has 3 heteroatoms. The first-order valence-electron chi connectivity index (χ1n) is 10.5. The van der Waals surface area contributed by atoms with Crippen molar-refractivity contribution in [1.82, 2.24) is 5.73 Å². The molecule has 0 bridgehead atoms. The van der Waals surface area contributed by atoms with Gasteiger partial charge in [-0.3, -0.25) is 10.5 Å². The standard InChI is InChI=1S/C21H42NO2/c1-20(21(22)24)18-16-14-12-10-8-6-4-2-3-5-7-9-11-13-15-17-19-23/h20,22-23H,2-19H2,1H3. The number of hydrogen-bond donors (Lipinski definition) is 1. The maximum Gasteiger partial charge on any atom is 0.241 e. The highest BCUT2D eigenvalue weighted by Crippen LogP contribution is 2.15. The maximum absolute atomic E-state index is 10.8. The van der Waals surface area contributed by atoms with Crippen LogP contribution in [0.4, 0.5) is 0 Å². The van der Waals surface area contributed by atoms with Crippen LogP contribution in [-0.4, -0.2) is 17.6 Å². The summed E-state index contributed by atoms with van der Waals surface area (Å²) in [5, 5.41) is 8.70. The van der Waals surface area contributed by atoms with Crippen molar-refractivity contribution in [2.45, 2.75) is 116 Å². The first-order valence-corrected chi connectivity index (χ1v) is 10.5. The van der Waals surface area contributed by atoms with E-state index in [0.29, 0.717) is 6.61 Å². The Hall–Kier alpha value is -0.570. The molecule has 0 saturated carbocycles. The normalized spacial score (nSPS) is 12.4. The molecule has 0 aromatic rings. The number of carbonyl (C=O) groups excluding carboxylic acids is 1. The van der Waals surface area contributed by atoms with Crippen LogP contribution in [0.25, 0.3) is 0 Å². The van der Waals surface area contributed by atoms with Gasteiger partial charge in [0.25, 0.3) is 0 Å². The number of amides is 1. The number of aliphatic hydroxyl groups excluding tert-OH is 1. The Morgan fingerprint density at radius 3 is 1.25 bits per heavy atom. The summed E-state index contributed by atoms with van der Waals surface area (Å²) >= 11 is 0. The van der Waals surface area contributed by atoms with Gasteiger partial charge in [0.2, 0.25) is 5.91 Å². The predicted octanol–water partition coefficient (Wildman–Crippen LogP) is 6.06. The molecular weight excluding hydrogens is 298 g/mol. The third-order valence-electron chi connectivity index (χ3n) is 4.99. The predicted molar refractivity (Wildman–Crippen MR) is 103 cm³/mol. The quantitative estimate of drug-likeness (QED) is 0.291. The lowest BCUT2D eigenvalue weighted by Gasteiger charge is -2.06. The Balaban J connectivity index is 3.04. The lowest BCUT2D eigenvalue weighted by Crippen LogP contribution is -2.10. The number of unbranched alkanes of at least 4 members (excludes halogenated alkanes) is 15. The summed E-state index contributed by atoms with van der Waals surface area (Å²) in [4.78, 5) is 10.8. The first kappa shape index (κ1) is 23.4. The molecule has 3 nitrogen and oxygen atoms in total. The summed E-state index contributed by atoms with van der Waals surface area (Å²) in [5.41, 5.74) is 7.03. The molecule has 0 saturated heterocycles. The molecule has 0 aliphatic carbocycles. The summed E-state index contributed by atoms with van der Waals surface area (Å²) < 4.78 is 0. The van der Waals surface area contributed by atoms with Gasteiger partial charge in [-0.25, -0.2) is 0 Å². The highest BCUT2D eigenvalue weighted by Gasteiger charge is 2.07. The van der Waals surface area contributed by atoms with Crippen LogP contribution in [0.15, 0.2) is 0 Å². The fourth-order valence-corrected chi connectivity index (χ4v) is 3.17. The highest BCUT2D eigenvalue weighted by molar-refractivity contribution is 5.75. The minimum Gasteiger partial charge on any atom is -0.396 e. The van der Waals surface area contributed by atoms with E-state index in [4.69, 9.17) is 10.8 Å². The molecule has 0 rings (SSSR count). The molecule has 143 valence electrons. The van der Waals surface area contributed by atoms with E-state index in [-0.39, 0.29) is 5.92 Å². The summed E-state index contributed by atoms with van der Waals surface area (Å²) in [7, 11) is 0. The molecule has 24 heavy (non-hydrogen) atoms. The summed E-state index contributed by atoms with van der Waals surface area (Å²) in [6.45, 7) is 2.22. The zero-order valence-corrected chi connectivity index (χ0v) is 16.2. The average Bonchev–Trinajstić information content (AvgIpc) is 2.57. The number of hydrogen-bond acceptors (Lipinski definition) is 2. The monoisotopic (exact) mass is 340 g/mol. The molecule has 1 amide bonds. The van der Waals surface area contributed by atoms with Gasteiger partial charge in [-0.15, -0.1) is 0 Å². The van der Waals surface area contributed by atoms with E-state index < -0.39 is 5.91 Å². The van der Waals surface area contributed by atoms with E-state index in [1.807, 2.05) is 6.92 Å². The fraction of sp³-hybridized carbons (Fsp3) is 0.952. The molecule has 0 heterocycles. The van der Waals surface area contributed by atoms with Gasteiger partial charge in [-0.2, -0.15) is 0 Å². The van der Waals surface area contributed by atoms with Crippen LogP contribution >= 0.6 is 0 Å². The molecular formula is C21H42NO2. The smallest absolute Gasteiger partial charge is 0.241 e. The van der Waals surface area contributed by atoms with Crippen LogP contribution in [0, 0.1) is 5.92 Å². The van der Waals surface area contributed by atoms with E-state index >= 15 is 0 Å². The molecule has 0 aliphatic rings. The van der Waals surface area contributed by atoms with Gasteiger partial charge in [-0.05, 0) is 12.8 Å². The topological polar surface area (TPSA) is 61.1 Å². The number of carbonyl (C=O) groups is 1. The van der Waals surface area contributed by atoms with Crippen molar-refractivity contribution in [1.29, 1.82) is 0 Å². The second-order valence-corrected chi connectivity index (χ2v) is 7.43. The van der Waals surface area contributed by atoms with Crippen molar-refractivity contribution < 1.29 is 9.90 Å². The molecule has 0 aromatic carbocycles. The number of rotatable bonds is 19. The molecule has 0 spiro atoms. The second-order valence-electron chi connectivity index (χ2n) is 7.43. The number of aliphatic hydroxyl groups is 1. The Labute approximate surface area is 150 Å². The minimum absolute atomic E-state index is 0.0643. The third kappa shape index (κ3) is 17.8. The van der Waals surface area contributed by atoms with E-state index in [0.717, 1.165) is 19.3 Å². The van der Waals surface area contributed by atoms with Crippen LogP contribution in [0.1, 0.15) is 116 Å². The molecule has 0 aromatic heterocycles. The van der Waals surface area contributed by atoms with Crippen molar-refractivity contribution >= 4 is 5.91 Å². The zero-order valence-electron chi connectivity index (χ0n) is 16.2. The average molecular weight is 341 g/mol. The van der Waals surface area contributed by atoms with Crippen LogP contribution in [0.2, 0.25) is 0 Å². The van der Waals surface area contributed by atoms with Gasteiger partial charge < -0.3 is 5.11 Å². The molecule has 2 N–H and O–H groups in total. The third-order valence-corrected chi connectivity index (χ3v) is 4.99. The summed E-state index contributed by atoms with van der Waals surface area (Å²) in [6, 6.07) is 0. The van der Waals surface area contributed by atoms with E-state index in [1.165, 1.54) is 89.9 Å². The molecule has 1 atom stereocenters. The van der Waals surface area contributed by atoms with E-state index in [9.17, 15) is 4.79 Å². The van der Waals surface area contributed by atoms with Crippen LogP contribution in [0.3, 0.4) is 0 Å². The highest BCUT2D eigenvalue weighted by atomic mass is 16.2. The van der Waals surface area contributed by atoms with E-state index in [1.54, 1.807) is 0 Å². The van der Waals surface area contributed by atoms with Crippen LogP contribution < -0.4 is 5.73 Å². The lowest BCUT2D eigenvalue weighted by molar-refractivity contribution is -0.122. The van der Waals surface area contributed by atoms with E-state index in [2.05, 4.69) is 0 Å². The zero-order chi connectivity index (χ0) is 17.9. The molecule has 1 unspecified atom stereocenters. The summed E-state index contributed by atoms with van der Waals surface area (Å²) in [5.74, 6) is -0.470. The Kier molecular flexibility index (Phi) is 18.3. The van der Waals surface area contributed by atoms with Gasteiger partial charge in [0, 0.05) is 12.5 Å². The Morgan fingerprint density at radius 1 is 0.667 bits per heavy atom. The van der Waals surface area contributed by atoms with Gasteiger partial charge >= 0.3 is 0 Å². The van der Waals surface area contributed by atoms with Gasteiger partial charge in [-0.1, -0.05) is 103 Å². The fourth-order valence-electron chi connectivity index (χ4n) is 3.17. The van der Waals surface area contributed by atoms with Gasteiger partial charge in [0.05, 0.1) is 0 Å². The molecule has 0 aliphatic heterocycles. The second kappa shape index (κ2) is 18.8. The van der Waals surface area contributed by atoms with Crippen molar-refractivity contribution in [2.75, 3.05) is 6.61 Å². The maximum atomic E-state index is 10.8. The molecule has 0 fully saturated rings. The van der Waals surface area contributed by atoms with Crippen molar-refractivity contribution in [3.63, 3.8) is 0 Å². The first-order chi connectivity index (χ1) is 11.7. The Morgan fingerprint density at radius 2 is 0.958 bits per heavy atom. The lowest BCUT2D eigenvalue weighted by atomic mass is 10.0. The van der Waals surface area contributed by atoms with Crippen molar-refractivity contribution in [3.05, 3.63) is 0 Å². The summed E-state index contributed by atoms with van der Waals surface area (Å²) in [6.07, 6.45) is 21.7. The largest absolute Gasteiger partial charge is 0.396 e. The number of nitrogens with one attached hydrogen (secondary N) is 1. The molecule has 1 radical (unpaired) electrons. The van der Waals surface area contributed by atoms with Crippen molar-refractivity contribution in [2.24, 2.45) is 5.92 Å². The van der Waals surface area contributed by atoms with Gasteiger partial charge in [0.1, 0.15) is 0 Å². The minimum atomic E-state index is -0.406. The Bertz CT molecular complexity index is 269. The SMILES string of the molecule is CC(CCCCCCCCCCCCCCCCCCO)C([NH])=O. The van der Waals surface area contributed by atoms with Gasteiger partial charge in [0.15, 0.2) is 0 Å². The van der Waals surface area contributed by atoms with Crippen LogP contribution in [0.5, 0.6) is 0 Å². The van der Waals surface area contributed by atoms with Crippen LogP contribution in [-0.2, 0) is 4.79 Å².